The van der Waals surface area contributed by atoms with Crippen molar-refractivity contribution >= 4 is 31.5 Å². The molecule has 0 amide bonds. The summed E-state index contributed by atoms with van der Waals surface area (Å²) in [6.07, 6.45) is 0. The molecule has 2 aromatic heterocycles. The van der Waals surface area contributed by atoms with Gasteiger partial charge in [-0.1, -0.05) is 188 Å². The zero-order valence-electron chi connectivity index (χ0n) is 31.4. The van der Waals surface area contributed by atoms with E-state index in [2.05, 4.69) is 189 Å². The van der Waals surface area contributed by atoms with Crippen LogP contribution in [0.15, 0.2) is 200 Å². The number of benzene rings is 8. The minimum absolute atomic E-state index is 0.209. The molecule has 3 heteroatoms. The van der Waals surface area contributed by atoms with E-state index in [0.29, 0.717) is 5.82 Å². The molecular weight excluding hydrogens is 709 g/mol. The first-order valence-electron chi connectivity index (χ1n) is 19.5. The quantitative estimate of drug-likeness (QED) is 0.169. The molecule has 0 saturated heterocycles. The molecule has 11 rings (SSSR count). The Bertz CT molecular complexity index is 3080. The third-order valence-electron chi connectivity index (χ3n) is 11.9. The zero-order chi connectivity index (χ0) is 37.9. The van der Waals surface area contributed by atoms with Gasteiger partial charge in [0.05, 0.1) is 11.4 Å². The topological polar surface area (TPSA) is 25.8 Å². The predicted octanol–water partition coefficient (Wildman–Crippen LogP) is 14.5. The Morgan fingerprint density at radius 3 is 1.63 bits per heavy atom. The van der Waals surface area contributed by atoms with Crippen molar-refractivity contribution in [2.45, 2.75) is 12.3 Å². The Morgan fingerprint density at radius 2 is 0.912 bits per heavy atom. The molecule has 0 bridgehead atoms. The van der Waals surface area contributed by atoms with E-state index in [1.165, 1.54) is 64.7 Å². The van der Waals surface area contributed by atoms with Crippen molar-refractivity contribution in [3.63, 3.8) is 0 Å². The van der Waals surface area contributed by atoms with Crippen LogP contribution < -0.4 is 0 Å². The van der Waals surface area contributed by atoms with Crippen molar-refractivity contribution in [2.24, 2.45) is 0 Å². The minimum atomic E-state index is -0.209. The highest BCUT2D eigenvalue weighted by Gasteiger charge is 2.40. The van der Waals surface area contributed by atoms with Gasteiger partial charge in [-0.25, -0.2) is 9.97 Å². The van der Waals surface area contributed by atoms with Crippen molar-refractivity contribution in [1.29, 1.82) is 0 Å². The van der Waals surface area contributed by atoms with Gasteiger partial charge in [-0.2, -0.15) is 0 Å². The highest BCUT2D eigenvalue weighted by Crippen LogP contribution is 2.52. The molecular formula is C54H36N2S. The number of rotatable bonds is 6. The number of aromatic nitrogens is 2. The van der Waals surface area contributed by atoms with Gasteiger partial charge in [0.2, 0.25) is 0 Å². The summed E-state index contributed by atoms with van der Waals surface area (Å²) in [6.45, 7) is 2.37. The maximum absolute atomic E-state index is 5.24. The molecule has 57 heavy (non-hydrogen) atoms. The van der Waals surface area contributed by atoms with Crippen molar-refractivity contribution in [1.82, 2.24) is 9.97 Å². The van der Waals surface area contributed by atoms with Gasteiger partial charge in [0.15, 0.2) is 5.82 Å². The Kier molecular flexibility index (Phi) is 7.84. The largest absolute Gasteiger partial charge is 0.228 e. The van der Waals surface area contributed by atoms with Crippen LogP contribution in [-0.2, 0) is 5.41 Å². The molecule has 0 radical (unpaired) electrons. The molecule has 1 aliphatic rings. The molecule has 0 unspecified atom stereocenters. The van der Waals surface area contributed by atoms with Crippen molar-refractivity contribution in [3.8, 4) is 67.3 Å². The van der Waals surface area contributed by atoms with Gasteiger partial charge < -0.3 is 0 Å². The molecule has 0 atom stereocenters. The lowest BCUT2D eigenvalue weighted by Gasteiger charge is -2.28. The molecule has 0 aliphatic heterocycles. The lowest BCUT2D eigenvalue weighted by molar-refractivity contribution is 0.714. The van der Waals surface area contributed by atoms with E-state index in [0.717, 1.165) is 33.6 Å². The summed E-state index contributed by atoms with van der Waals surface area (Å²) >= 11 is 1.86. The van der Waals surface area contributed by atoms with Crippen molar-refractivity contribution in [2.75, 3.05) is 0 Å². The minimum Gasteiger partial charge on any atom is -0.228 e. The Labute approximate surface area is 336 Å². The number of hydrogen-bond donors (Lipinski definition) is 0. The summed E-state index contributed by atoms with van der Waals surface area (Å²) in [5.74, 6) is 0.709. The third kappa shape index (κ3) is 5.46. The van der Waals surface area contributed by atoms with Gasteiger partial charge in [-0.15, -0.1) is 11.3 Å². The van der Waals surface area contributed by atoms with Gasteiger partial charge in [-0.05, 0) is 63.6 Å². The van der Waals surface area contributed by atoms with Crippen LogP contribution in [0.25, 0.3) is 87.5 Å². The molecule has 1 aliphatic carbocycles. The highest BCUT2D eigenvalue weighted by molar-refractivity contribution is 7.26. The lowest BCUT2D eigenvalue weighted by atomic mass is 9.74. The maximum atomic E-state index is 5.24. The molecule has 0 spiro atoms. The number of hydrogen-bond acceptors (Lipinski definition) is 3. The average Bonchev–Trinajstić information content (AvgIpc) is 3.80. The van der Waals surface area contributed by atoms with E-state index in [-0.39, 0.29) is 5.41 Å². The molecule has 268 valence electrons. The van der Waals surface area contributed by atoms with Gasteiger partial charge in [0.1, 0.15) is 0 Å². The third-order valence-corrected chi connectivity index (χ3v) is 13.1. The lowest BCUT2D eigenvalue weighted by Crippen LogP contribution is -2.22. The normalized spacial score (nSPS) is 12.8. The number of fused-ring (bicyclic) bond motifs is 6. The van der Waals surface area contributed by atoms with E-state index in [1.54, 1.807) is 0 Å². The zero-order valence-corrected chi connectivity index (χ0v) is 32.2. The van der Waals surface area contributed by atoms with E-state index in [9.17, 15) is 0 Å². The molecule has 8 aromatic carbocycles. The monoisotopic (exact) mass is 744 g/mol. The first-order chi connectivity index (χ1) is 28.1. The summed E-state index contributed by atoms with van der Waals surface area (Å²) in [6, 6.07) is 72.1. The summed E-state index contributed by atoms with van der Waals surface area (Å²) in [5, 5.41) is 2.58. The van der Waals surface area contributed by atoms with Crippen LogP contribution in [0, 0.1) is 0 Å². The van der Waals surface area contributed by atoms with Gasteiger partial charge in [0.25, 0.3) is 0 Å². The Balaban J connectivity index is 0.975. The second-order valence-corrected chi connectivity index (χ2v) is 16.1. The average molecular weight is 745 g/mol. The van der Waals surface area contributed by atoms with E-state index < -0.39 is 0 Å². The molecule has 10 aromatic rings. The predicted molar refractivity (Wildman–Crippen MR) is 240 cm³/mol. The van der Waals surface area contributed by atoms with E-state index >= 15 is 0 Å². The number of nitrogens with zero attached hydrogens (tertiary/aromatic N) is 2. The van der Waals surface area contributed by atoms with Crippen LogP contribution in [0.5, 0.6) is 0 Å². The smallest absolute Gasteiger partial charge is 0.160 e. The summed E-state index contributed by atoms with van der Waals surface area (Å²) in [4.78, 5) is 10.4. The van der Waals surface area contributed by atoms with E-state index in [4.69, 9.17) is 9.97 Å². The van der Waals surface area contributed by atoms with E-state index in [1.807, 2.05) is 29.5 Å². The van der Waals surface area contributed by atoms with Crippen LogP contribution in [0.1, 0.15) is 23.6 Å². The van der Waals surface area contributed by atoms with Gasteiger partial charge in [-0.3, -0.25) is 0 Å². The number of thiophene rings is 1. The molecule has 0 saturated carbocycles. The van der Waals surface area contributed by atoms with Crippen LogP contribution in [0.3, 0.4) is 0 Å². The van der Waals surface area contributed by atoms with Crippen LogP contribution in [0.2, 0.25) is 0 Å². The Morgan fingerprint density at radius 1 is 0.386 bits per heavy atom. The van der Waals surface area contributed by atoms with Gasteiger partial charge in [0, 0.05) is 47.8 Å². The molecule has 0 fully saturated rings. The molecule has 2 nitrogen and oxygen atoms in total. The fourth-order valence-electron chi connectivity index (χ4n) is 8.94. The highest BCUT2D eigenvalue weighted by atomic mass is 32.1. The summed E-state index contributed by atoms with van der Waals surface area (Å²) in [7, 11) is 0. The van der Waals surface area contributed by atoms with Crippen LogP contribution >= 0.6 is 11.3 Å². The first-order valence-corrected chi connectivity index (χ1v) is 20.3. The standard InChI is InChI=1S/C54H36N2S/c1-54(47-23-10-7-17-41(47)42-18-8-11-24-48(42)54)39-32-30-36(31-33-39)35-26-28-37(29-27-35)49-34-50(56-53(55-49)38-14-3-2-4-15-38)43-19-6-5-16-40(43)45-21-13-22-46-44-20-9-12-25-51(44)57-52(45)46/h2-34H,1H3. The second kappa shape index (κ2) is 13.4. The molecule has 0 N–H and O–H groups in total. The first kappa shape index (κ1) is 33.4. The fraction of sp³-hybridized carbons (Fsp3) is 0.0370. The molecule has 2 heterocycles. The maximum Gasteiger partial charge on any atom is 0.160 e. The second-order valence-electron chi connectivity index (χ2n) is 15.0. The van der Waals surface area contributed by atoms with Gasteiger partial charge >= 0.3 is 0 Å². The van der Waals surface area contributed by atoms with Crippen LogP contribution in [0.4, 0.5) is 0 Å². The van der Waals surface area contributed by atoms with Crippen LogP contribution in [-0.4, -0.2) is 9.97 Å². The summed E-state index contributed by atoms with van der Waals surface area (Å²) in [5.41, 5.74) is 16.1. The summed E-state index contributed by atoms with van der Waals surface area (Å²) < 4.78 is 2.59. The Hall–Kier alpha value is -6.94. The SMILES string of the molecule is CC1(c2ccc(-c3ccc(-c4cc(-c5ccccc5-c5cccc6c5sc5ccccc56)nc(-c5ccccc5)n4)cc3)cc2)c2ccccc2-c2ccccc21. The van der Waals surface area contributed by atoms with Crippen molar-refractivity contribution < 1.29 is 0 Å². The van der Waals surface area contributed by atoms with Crippen molar-refractivity contribution in [3.05, 3.63) is 217 Å². The fourth-order valence-corrected chi connectivity index (χ4v) is 10.2.